The molecular weight excluding hydrogens is 326 g/mol. The van der Waals surface area contributed by atoms with E-state index < -0.39 is 0 Å². The van der Waals surface area contributed by atoms with E-state index >= 15 is 0 Å². The monoisotopic (exact) mass is 341 g/mol. The van der Waals surface area contributed by atoms with Gasteiger partial charge in [0.15, 0.2) is 0 Å². The summed E-state index contributed by atoms with van der Waals surface area (Å²) in [5, 5.41) is 21.4. The molecular formula is C20H15N5O. The molecule has 0 amide bonds. The van der Waals surface area contributed by atoms with E-state index in [1.807, 2.05) is 66.7 Å². The van der Waals surface area contributed by atoms with Gasteiger partial charge in [0.05, 0.1) is 11.0 Å². The van der Waals surface area contributed by atoms with Crippen molar-refractivity contribution in [1.82, 2.24) is 15.1 Å². The molecule has 0 radical (unpaired) electrons. The van der Waals surface area contributed by atoms with Gasteiger partial charge in [0.2, 0.25) is 0 Å². The minimum atomic E-state index is -0.365. The molecule has 6 nitrogen and oxygen atoms in total. The Bertz CT molecular complexity index is 1030. The van der Waals surface area contributed by atoms with E-state index in [-0.39, 0.29) is 11.8 Å². The average molecular weight is 341 g/mol. The number of aromatic nitrogens is 4. The molecule has 0 aliphatic heterocycles. The second kappa shape index (κ2) is 6.98. The normalized spacial score (nSPS) is 11.5. The zero-order valence-corrected chi connectivity index (χ0v) is 13.8. The van der Waals surface area contributed by atoms with Gasteiger partial charge in [0, 0.05) is 5.21 Å². The molecule has 0 saturated carbocycles. The van der Waals surface area contributed by atoms with Gasteiger partial charge in [-0.15, -0.1) is 4.99 Å². The predicted octanol–water partition coefficient (Wildman–Crippen LogP) is 1.98. The van der Waals surface area contributed by atoms with E-state index in [4.69, 9.17) is 0 Å². The fourth-order valence-electron chi connectivity index (χ4n) is 2.48. The average Bonchev–Trinajstić information content (AvgIpc) is 3.14. The molecule has 126 valence electrons. The molecule has 4 rings (SSSR count). The lowest BCUT2D eigenvalue weighted by Gasteiger charge is -2.05. The van der Waals surface area contributed by atoms with E-state index in [2.05, 4.69) is 15.3 Å². The van der Waals surface area contributed by atoms with Crippen LogP contribution in [0.2, 0.25) is 0 Å². The summed E-state index contributed by atoms with van der Waals surface area (Å²) >= 11 is 0. The molecule has 0 fully saturated rings. The zero-order valence-electron chi connectivity index (χ0n) is 13.8. The zero-order chi connectivity index (χ0) is 17.8. The SMILES string of the molecule is [O-]/C(=N/c1nn(-c2ccccc2)n[n+]1-c1ccccc1)c1ccccc1. The second-order valence-corrected chi connectivity index (χ2v) is 5.54. The maximum Gasteiger partial charge on any atom is 0.439 e. The Labute approximate surface area is 150 Å². The molecule has 0 N–H and O–H groups in total. The first-order chi connectivity index (χ1) is 12.8. The highest BCUT2D eigenvalue weighted by molar-refractivity contribution is 5.91. The highest BCUT2D eigenvalue weighted by Gasteiger charge is 2.20. The standard InChI is InChI=1S/C20H15N5O/c26-19(16-10-4-1-5-11-16)21-20-22-25(18-14-8-3-9-15-18)23-24(20)17-12-6-2-7-13-17/h1-15H. The van der Waals surface area contributed by atoms with Gasteiger partial charge in [-0.3, -0.25) is 0 Å². The van der Waals surface area contributed by atoms with Crippen LogP contribution in [0.15, 0.2) is 96.0 Å². The first-order valence-corrected chi connectivity index (χ1v) is 8.13. The molecule has 0 atom stereocenters. The van der Waals surface area contributed by atoms with Crippen molar-refractivity contribution in [2.45, 2.75) is 0 Å². The molecule has 0 unspecified atom stereocenters. The molecule has 0 saturated heterocycles. The number of rotatable bonds is 4. The molecule has 0 bridgehead atoms. The summed E-state index contributed by atoms with van der Waals surface area (Å²) in [6, 6.07) is 27.9. The minimum absolute atomic E-state index is 0.217. The predicted molar refractivity (Wildman–Crippen MR) is 95.5 cm³/mol. The van der Waals surface area contributed by atoms with Crippen LogP contribution >= 0.6 is 0 Å². The topological polar surface area (TPSA) is 70.0 Å². The third-order valence-electron chi connectivity index (χ3n) is 3.76. The van der Waals surface area contributed by atoms with Crippen molar-refractivity contribution in [3.8, 4) is 11.4 Å². The van der Waals surface area contributed by atoms with Crippen LogP contribution in [-0.2, 0) is 0 Å². The molecule has 3 aromatic carbocycles. The summed E-state index contributed by atoms with van der Waals surface area (Å²) in [5.74, 6) is -0.149. The van der Waals surface area contributed by atoms with Gasteiger partial charge in [0.25, 0.3) is 0 Å². The molecule has 0 spiro atoms. The number of nitrogens with zero attached hydrogens (tertiary/aromatic N) is 5. The molecule has 26 heavy (non-hydrogen) atoms. The summed E-state index contributed by atoms with van der Waals surface area (Å²) < 4.78 is 1.55. The summed E-state index contributed by atoms with van der Waals surface area (Å²) in [7, 11) is 0. The number of hydrogen-bond acceptors (Lipinski definition) is 4. The quantitative estimate of drug-likeness (QED) is 0.324. The Balaban J connectivity index is 1.83. The lowest BCUT2D eigenvalue weighted by atomic mass is 10.2. The maximum atomic E-state index is 12.5. The Morgan fingerprint density at radius 1 is 0.808 bits per heavy atom. The van der Waals surface area contributed by atoms with Crippen molar-refractivity contribution in [1.29, 1.82) is 0 Å². The van der Waals surface area contributed by atoms with Crippen LogP contribution in [0.5, 0.6) is 0 Å². The van der Waals surface area contributed by atoms with Gasteiger partial charge in [-0.2, -0.15) is 0 Å². The molecule has 4 aromatic rings. The third-order valence-corrected chi connectivity index (χ3v) is 3.76. The molecule has 1 heterocycles. The Hall–Kier alpha value is -3.80. The Morgan fingerprint density at radius 3 is 2.04 bits per heavy atom. The number of benzene rings is 3. The summed E-state index contributed by atoms with van der Waals surface area (Å²) in [5.41, 5.74) is 2.06. The van der Waals surface area contributed by atoms with Crippen LogP contribution in [0.3, 0.4) is 0 Å². The van der Waals surface area contributed by atoms with Crippen LogP contribution in [0.25, 0.3) is 11.4 Å². The van der Waals surface area contributed by atoms with Gasteiger partial charge in [-0.25, -0.2) is 0 Å². The third kappa shape index (κ3) is 3.21. The van der Waals surface area contributed by atoms with Crippen LogP contribution in [-0.4, -0.2) is 21.0 Å². The highest BCUT2D eigenvalue weighted by Crippen LogP contribution is 2.10. The van der Waals surface area contributed by atoms with Gasteiger partial charge in [-0.05, 0) is 34.6 Å². The van der Waals surface area contributed by atoms with Crippen LogP contribution in [0, 0.1) is 0 Å². The van der Waals surface area contributed by atoms with Gasteiger partial charge in [0.1, 0.15) is 11.4 Å². The number of hydrogen-bond donors (Lipinski definition) is 0. The maximum absolute atomic E-state index is 12.5. The summed E-state index contributed by atoms with van der Waals surface area (Å²) in [4.78, 5) is 5.64. The number of aliphatic imine (C=N–C) groups is 1. The highest BCUT2D eigenvalue weighted by atomic mass is 16.3. The van der Waals surface area contributed by atoms with Crippen LogP contribution in [0.4, 0.5) is 5.95 Å². The number of para-hydroxylation sites is 2. The van der Waals surface area contributed by atoms with E-state index in [0.29, 0.717) is 5.56 Å². The van der Waals surface area contributed by atoms with Gasteiger partial charge in [-0.1, -0.05) is 71.4 Å². The second-order valence-electron chi connectivity index (χ2n) is 5.54. The summed E-state index contributed by atoms with van der Waals surface area (Å²) in [6.45, 7) is 0. The Morgan fingerprint density at radius 2 is 1.38 bits per heavy atom. The fraction of sp³-hybridized carbons (Fsp3) is 0. The van der Waals surface area contributed by atoms with Crippen molar-refractivity contribution in [2.75, 3.05) is 0 Å². The lowest BCUT2D eigenvalue weighted by Crippen LogP contribution is -2.34. The van der Waals surface area contributed by atoms with Crippen molar-refractivity contribution >= 4 is 11.8 Å². The van der Waals surface area contributed by atoms with E-state index in [1.165, 1.54) is 4.80 Å². The van der Waals surface area contributed by atoms with Crippen molar-refractivity contribution in [2.24, 2.45) is 4.99 Å². The minimum Gasteiger partial charge on any atom is -0.849 e. The van der Waals surface area contributed by atoms with Crippen LogP contribution < -0.4 is 9.79 Å². The van der Waals surface area contributed by atoms with Crippen molar-refractivity contribution < 1.29 is 9.79 Å². The number of tetrazole rings is 1. The smallest absolute Gasteiger partial charge is 0.439 e. The van der Waals surface area contributed by atoms with E-state index in [9.17, 15) is 5.11 Å². The fourth-order valence-corrected chi connectivity index (χ4v) is 2.48. The lowest BCUT2D eigenvalue weighted by molar-refractivity contribution is -0.649. The molecule has 0 aliphatic carbocycles. The van der Waals surface area contributed by atoms with E-state index in [0.717, 1.165) is 11.4 Å². The first-order valence-electron chi connectivity index (χ1n) is 8.13. The first kappa shape index (κ1) is 15.7. The molecule has 0 aliphatic rings. The van der Waals surface area contributed by atoms with Gasteiger partial charge >= 0.3 is 5.95 Å². The molecule has 1 aromatic heterocycles. The summed E-state index contributed by atoms with van der Waals surface area (Å²) in [6.07, 6.45) is 0. The van der Waals surface area contributed by atoms with Crippen molar-refractivity contribution in [3.63, 3.8) is 0 Å². The largest absolute Gasteiger partial charge is 0.849 e. The molecule has 6 heteroatoms. The Kier molecular flexibility index (Phi) is 4.22. The van der Waals surface area contributed by atoms with Crippen molar-refractivity contribution in [3.05, 3.63) is 96.6 Å². The van der Waals surface area contributed by atoms with Crippen LogP contribution in [0.1, 0.15) is 5.56 Å². The van der Waals surface area contributed by atoms with E-state index in [1.54, 1.807) is 28.9 Å². The van der Waals surface area contributed by atoms with Gasteiger partial charge < -0.3 is 5.11 Å².